The van der Waals surface area contributed by atoms with E-state index in [0.29, 0.717) is 18.6 Å². The second-order valence-corrected chi connectivity index (χ2v) is 6.27. The SMILES string of the molecule is CC1CCCCN1C(CN)c1sccc1Br. The summed E-state index contributed by atoms with van der Waals surface area (Å²) in [6, 6.07) is 3.18. The van der Waals surface area contributed by atoms with E-state index in [4.69, 9.17) is 5.73 Å². The van der Waals surface area contributed by atoms with Crippen LogP contribution in [0.1, 0.15) is 37.1 Å². The van der Waals surface area contributed by atoms with Gasteiger partial charge in [0.2, 0.25) is 0 Å². The van der Waals surface area contributed by atoms with Gasteiger partial charge in [0.05, 0.1) is 6.04 Å². The maximum Gasteiger partial charge on any atom is 0.0578 e. The zero-order valence-corrected chi connectivity index (χ0v) is 12.1. The normalized spacial score (nSPS) is 24.6. The van der Waals surface area contributed by atoms with Crippen molar-refractivity contribution < 1.29 is 0 Å². The van der Waals surface area contributed by atoms with Gasteiger partial charge in [0.15, 0.2) is 0 Å². The summed E-state index contributed by atoms with van der Waals surface area (Å²) >= 11 is 5.43. The Morgan fingerprint density at radius 1 is 1.62 bits per heavy atom. The fourth-order valence-electron chi connectivity index (χ4n) is 2.52. The summed E-state index contributed by atoms with van der Waals surface area (Å²) in [6.07, 6.45) is 3.98. The zero-order valence-electron chi connectivity index (χ0n) is 9.66. The monoisotopic (exact) mass is 302 g/mol. The Hall–Kier alpha value is 0.100. The summed E-state index contributed by atoms with van der Waals surface area (Å²) in [7, 11) is 0. The van der Waals surface area contributed by atoms with Crippen LogP contribution >= 0.6 is 27.3 Å². The highest BCUT2D eigenvalue weighted by Crippen LogP contribution is 2.35. The first-order chi connectivity index (χ1) is 7.74. The molecule has 0 amide bonds. The third kappa shape index (κ3) is 2.50. The average Bonchev–Trinajstić information content (AvgIpc) is 2.69. The summed E-state index contributed by atoms with van der Waals surface area (Å²) in [5.41, 5.74) is 5.97. The lowest BCUT2D eigenvalue weighted by atomic mass is 10.0. The predicted octanol–water partition coefficient (Wildman–Crippen LogP) is 3.38. The Morgan fingerprint density at radius 3 is 3.00 bits per heavy atom. The molecule has 1 aliphatic rings. The minimum absolute atomic E-state index is 0.393. The van der Waals surface area contributed by atoms with Gasteiger partial charge in [0, 0.05) is 21.9 Å². The van der Waals surface area contributed by atoms with Crippen LogP contribution in [-0.2, 0) is 0 Å². The molecule has 2 rings (SSSR count). The summed E-state index contributed by atoms with van der Waals surface area (Å²) in [6.45, 7) is 4.22. The van der Waals surface area contributed by atoms with E-state index in [1.165, 1.54) is 35.2 Å². The quantitative estimate of drug-likeness (QED) is 0.927. The molecule has 1 aromatic heterocycles. The topological polar surface area (TPSA) is 29.3 Å². The highest BCUT2D eigenvalue weighted by molar-refractivity contribution is 9.10. The molecule has 0 spiro atoms. The smallest absolute Gasteiger partial charge is 0.0578 e. The predicted molar refractivity (Wildman–Crippen MR) is 73.8 cm³/mol. The molecule has 2 nitrogen and oxygen atoms in total. The Morgan fingerprint density at radius 2 is 2.44 bits per heavy atom. The van der Waals surface area contributed by atoms with Gasteiger partial charge in [-0.1, -0.05) is 6.42 Å². The number of likely N-dealkylation sites (tertiary alicyclic amines) is 1. The van der Waals surface area contributed by atoms with E-state index in [2.05, 4.69) is 39.2 Å². The number of thiophene rings is 1. The van der Waals surface area contributed by atoms with Crippen molar-refractivity contribution in [3.8, 4) is 0 Å². The van der Waals surface area contributed by atoms with E-state index < -0.39 is 0 Å². The molecule has 2 heterocycles. The van der Waals surface area contributed by atoms with Crippen LogP contribution in [-0.4, -0.2) is 24.0 Å². The first-order valence-electron chi connectivity index (χ1n) is 5.92. The van der Waals surface area contributed by atoms with Gasteiger partial charge in [-0.2, -0.15) is 0 Å². The molecule has 2 unspecified atom stereocenters. The van der Waals surface area contributed by atoms with Crippen molar-refractivity contribution >= 4 is 27.3 Å². The summed E-state index contributed by atoms with van der Waals surface area (Å²) in [5.74, 6) is 0. The molecule has 0 aliphatic carbocycles. The number of halogens is 1. The van der Waals surface area contributed by atoms with Gasteiger partial charge in [-0.05, 0) is 53.7 Å². The van der Waals surface area contributed by atoms with Crippen LogP contribution in [0.4, 0.5) is 0 Å². The van der Waals surface area contributed by atoms with Crippen LogP contribution < -0.4 is 5.73 Å². The Balaban J connectivity index is 2.18. The first-order valence-corrected chi connectivity index (χ1v) is 7.60. The molecule has 0 saturated carbocycles. The van der Waals surface area contributed by atoms with E-state index in [1.807, 2.05) is 11.3 Å². The van der Waals surface area contributed by atoms with Crippen LogP contribution in [0.25, 0.3) is 0 Å². The maximum absolute atomic E-state index is 5.97. The third-order valence-corrected chi connectivity index (χ3v) is 5.40. The first kappa shape index (κ1) is 12.6. The average molecular weight is 303 g/mol. The summed E-state index contributed by atoms with van der Waals surface area (Å²) in [5, 5.41) is 2.14. The molecule has 0 radical (unpaired) electrons. The van der Waals surface area contributed by atoms with E-state index in [9.17, 15) is 0 Å². The molecule has 2 atom stereocenters. The van der Waals surface area contributed by atoms with Crippen molar-refractivity contribution in [3.63, 3.8) is 0 Å². The number of rotatable bonds is 3. The van der Waals surface area contributed by atoms with Crippen molar-refractivity contribution in [2.24, 2.45) is 5.73 Å². The standard InChI is InChI=1S/C12H19BrN2S/c1-9-4-2-3-6-15(9)11(8-14)12-10(13)5-7-16-12/h5,7,9,11H,2-4,6,8,14H2,1H3. The number of hydrogen-bond acceptors (Lipinski definition) is 3. The molecule has 4 heteroatoms. The van der Waals surface area contributed by atoms with Crippen molar-refractivity contribution in [2.75, 3.05) is 13.1 Å². The number of nitrogens with zero attached hydrogens (tertiary/aromatic N) is 1. The van der Waals surface area contributed by atoms with Gasteiger partial charge in [-0.25, -0.2) is 0 Å². The lowest BCUT2D eigenvalue weighted by Gasteiger charge is -2.39. The number of hydrogen-bond donors (Lipinski definition) is 1. The summed E-state index contributed by atoms with van der Waals surface area (Å²) < 4.78 is 1.21. The molecule has 1 fully saturated rings. The second kappa shape index (κ2) is 5.63. The molecule has 1 saturated heterocycles. The van der Waals surface area contributed by atoms with Crippen molar-refractivity contribution in [1.29, 1.82) is 0 Å². The minimum atomic E-state index is 0.393. The van der Waals surface area contributed by atoms with Crippen molar-refractivity contribution in [1.82, 2.24) is 4.90 Å². The van der Waals surface area contributed by atoms with Crippen molar-refractivity contribution in [3.05, 3.63) is 20.8 Å². The van der Waals surface area contributed by atoms with Crippen LogP contribution in [0.3, 0.4) is 0 Å². The molecular weight excluding hydrogens is 284 g/mol. The molecule has 0 aromatic carbocycles. The van der Waals surface area contributed by atoms with Crippen LogP contribution in [0.2, 0.25) is 0 Å². The van der Waals surface area contributed by atoms with E-state index >= 15 is 0 Å². The van der Waals surface area contributed by atoms with Gasteiger partial charge in [-0.15, -0.1) is 11.3 Å². The van der Waals surface area contributed by atoms with Crippen LogP contribution in [0, 0.1) is 0 Å². The Kier molecular flexibility index (Phi) is 4.41. The van der Waals surface area contributed by atoms with Gasteiger partial charge in [0.1, 0.15) is 0 Å². The largest absolute Gasteiger partial charge is 0.329 e. The van der Waals surface area contributed by atoms with Crippen molar-refractivity contribution in [2.45, 2.75) is 38.3 Å². The fraction of sp³-hybridized carbons (Fsp3) is 0.667. The van der Waals surface area contributed by atoms with Gasteiger partial charge in [0.25, 0.3) is 0 Å². The van der Waals surface area contributed by atoms with Gasteiger partial charge in [-0.3, -0.25) is 4.90 Å². The molecule has 0 bridgehead atoms. The highest BCUT2D eigenvalue weighted by Gasteiger charge is 2.28. The molecule has 90 valence electrons. The Bertz CT molecular complexity index is 340. The molecule has 2 N–H and O–H groups in total. The lowest BCUT2D eigenvalue weighted by molar-refractivity contribution is 0.110. The van der Waals surface area contributed by atoms with E-state index in [1.54, 1.807) is 0 Å². The van der Waals surface area contributed by atoms with E-state index in [0.717, 1.165) is 0 Å². The second-order valence-electron chi connectivity index (χ2n) is 4.47. The molecule has 1 aromatic rings. The molecule has 16 heavy (non-hydrogen) atoms. The zero-order chi connectivity index (χ0) is 11.5. The third-order valence-electron chi connectivity index (χ3n) is 3.43. The highest BCUT2D eigenvalue weighted by atomic mass is 79.9. The van der Waals surface area contributed by atoms with Crippen LogP contribution in [0.5, 0.6) is 0 Å². The number of piperidine rings is 1. The Labute approximate surface area is 110 Å². The van der Waals surface area contributed by atoms with E-state index in [-0.39, 0.29) is 0 Å². The summed E-state index contributed by atoms with van der Waals surface area (Å²) in [4.78, 5) is 3.95. The van der Waals surface area contributed by atoms with Gasteiger partial charge < -0.3 is 5.73 Å². The maximum atomic E-state index is 5.97. The molecule has 1 aliphatic heterocycles. The fourth-order valence-corrected chi connectivity index (χ4v) is 4.29. The number of nitrogens with two attached hydrogens (primary N) is 1. The molecular formula is C12H19BrN2S. The van der Waals surface area contributed by atoms with Gasteiger partial charge >= 0.3 is 0 Å². The minimum Gasteiger partial charge on any atom is -0.329 e. The lowest BCUT2D eigenvalue weighted by Crippen LogP contribution is -2.42. The van der Waals surface area contributed by atoms with Crippen LogP contribution in [0.15, 0.2) is 15.9 Å².